The number of aromatic nitrogens is 2. The molecule has 28 heavy (non-hydrogen) atoms. The minimum atomic E-state index is -4.76. The number of rotatable bonds is 3. The Bertz CT molecular complexity index is 868. The summed E-state index contributed by atoms with van der Waals surface area (Å²) in [7, 11) is 2.09. The number of aromatic amines is 1. The Balaban J connectivity index is 0.000000706. The average molecular weight is 400 g/mol. The van der Waals surface area contributed by atoms with Crippen LogP contribution in [0.3, 0.4) is 0 Å². The van der Waals surface area contributed by atoms with E-state index in [0.717, 1.165) is 19.4 Å². The second kappa shape index (κ2) is 7.66. The third-order valence-corrected chi connectivity index (χ3v) is 5.12. The third kappa shape index (κ3) is 4.19. The first-order chi connectivity index (χ1) is 13.2. The Kier molecular flexibility index (Phi) is 5.45. The maximum Gasteiger partial charge on any atom is 0.573 e. The first kappa shape index (κ1) is 19.9. The van der Waals surface area contributed by atoms with Crippen molar-refractivity contribution >= 4 is 23.3 Å². The molecule has 0 spiro atoms. The Morgan fingerprint density at radius 3 is 2.71 bits per heavy atom. The first-order valence-electron chi connectivity index (χ1n) is 8.54. The Hall–Kier alpha value is -2.82. The fourth-order valence-corrected chi connectivity index (χ4v) is 3.96. The van der Waals surface area contributed by atoms with Gasteiger partial charge in [-0.25, -0.2) is 0 Å². The number of amides is 1. The van der Waals surface area contributed by atoms with Crippen LogP contribution in [0.2, 0.25) is 0 Å². The zero-order chi connectivity index (χ0) is 20.5. The molecule has 3 N–H and O–H groups in total. The lowest BCUT2D eigenvalue weighted by Crippen LogP contribution is -2.44. The van der Waals surface area contributed by atoms with Crippen molar-refractivity contribution in [1.82, 2.24) is 20.4 Å². The van der Waals surface area contributed by atoms with E-state index in [9.17, 15) is 18.0 Å². The van der Waals surface area contributed by atoms with Crippen LogP contribution in [-0.4, -0.2) is 64.6 Å². The quantitative estimate of drug-likeness (QED) is 0.680. The molecule has 1 aromatic heterocycles. The predicted octanol–water partition coefficient (Wildman–Crippen LogP) is 1.98. The van der Waals surface area contributed by atoms with E-state index in [1.165, 1.54) is 18.2 Å². The van der Waals surface area contributed by atoms with Gasteiger partial charge in [0.2, 0.25) is 0 Å². The second-order valence-electron chi connectivity index (χ2n) is 6.84. The third-order valence-electron chi connectivity index (χ3n) is 5.12. The summed E-state index contributed by atoms with van der Waals surface area (Å²) in [5.41, 5.74) is 0.504. The summed E-state index contributed by atoms with van der Waals surface area (Å²) in [4.78, 5) is 23.2. The van der Waals surface area contributed by atoms with Gasteiger partial charge in [0.05, 0.1) is 5.52 Å². The molecule has 8 nitrogen and oxygen atoms in total. The van der Waals surface area contributed by atoms with E-state index in [0.29, 0.717) is 22.9 Å². The Labute approximate surface area is 157 Å². The van der Waals surface area contributed by atoms with Crippen molar-refractivity contribution in [2.45, 2.75) is 31.3 Å². The van der Waals surface area contributed by atoms with E-state index in [1.807, 2.05) is 0 Å². The number of benzene rings is 1. The van der Waals surface area contributed by atoms with Crippen molar-refractivity contribution in [3.8, 4) is 5.75 Å². The number of nitrogens with zero attached hydrogens (tertiary/aromatic N) is 2. The summed E-state index contributed by atoms with van der Waals surface area (Å²) in [5, 5.41) is 16.9. The normalized spacial score (nSPS) is 23.9. The molecule has 2 heterocycles. The number of carbonyl (C=O) groups excluding carboxylic acids is 1. The number of H-pyrrole nitrogens is 1. The van der Waals surface area contributed by atoms with Gasteiger partial charge >= 0.3 is 6.36 Å². The monoisotopic (exact) mass is 400 g/mol. The molecule has 11 heteroatoms. The number of ether oxygens (including phenoxy) is 1. The number of alkyl halides is 3. The van der Waals surface area contributed by atoms with E-state index in [-0.39, 0.29) is 29.9 Å². The minimum absolute atomic E-state index is 0.119. The summed E-state index contributed by atoms with van der Waals surface area (Å²) in [5.74, 6) is -0.223. The van der Waals surface area contributed by atoms with Crippen LogP contribution in [0.1, 0.15) is 23.3 Å². The molecule has 4 rings (SSSR count). The van der Waals surface area contributed by atoms with Gasteiger partial charge in [-0.15, -0.1) is 13.2 Å². The number of hydrogen-bond donors (Lipinski definition) is 3. The standard InChI is InChI=1S/C16H17F3N4O2.CH2O2/c1-23-7-8-4-9(23)5-12(8)20-15(24)14-11-3-2-10(25-16(17,18)19)6-13(11)21-22-14;2-1-3/h2-3,6,8-9,12H,4-5,7H2,1H3,(H,20,24)(H,21,22);1H,(H,2,3). The van der Waals surface area contributed by atoms with Gasteiger partial charge in [-0.1, -0.05) is 0 Å². The summed E-state index contributed by atoms with van der Waals surface area (Å²) in [6, 6.07) is 4.39. The molecule has 2 aliphatic rings. The lowest BCUT2D eigenvalue weighted by molar-refractivity contribution is -0.274. The van der Waals surface area contributed by atoms with Crippen LogP contribution in [0.5, 0.6) is 5.75 Å². The number of likely N-dealkylation sites (tertiary alicyclic amines) is 1. The minimum Gasteiger partial charge on any atom is -0.483 e. The van der Waals surface area contributed by atoms with Crippen molar-refractivity contribution in [3.05, 3.63) is 23.9 Å². The molecule has 2 fully saturated rings. The van der Waals surface area contributed by atoms with E-state index < -0.39 is 6.36 Å². The lowest BCUT2D eigenvalue weighted by Gasteiger charge is -2.28. The molecule has 1 saturated heterocycles. The number of piperidine rings is 1. The van der Waals surface area contributed by atoms with Gasteiger partial charge in [0.15, 0.2) is 5.69 Å². The molecular formula is C17H19F3N4O4. The largest absolute Gasteiger partial charge is 0.573 e. The van der Waals surface area contributed by atoms with Crippen molar-refractivity contribution < 1.29 is 32.6 Å². The van der Waals surface area contributed by atoms with Crippen LogP contribution in [0, 0.1) is 5.92 Å². The van der Waals surface area contributed by atoms with Crippen molar-refractivity contribution in [1.29, 1.82) is 0 Å². The molecule has 1 aliphatic carbocycles. The molecule has 1 amide bonds. The van der Waals surface area contributed by atoms with Crippen LogP contribution in [0.15, 0.2) is 18.2 Å². The van der Waals surface area contributed by atoms with Gasteiger partial charge < -0.3 is 20.1 Å². The van der Waals surface area contributed by atoms with E-state index in [1.54, 1.807) is 0 Å². The van der Waals surface area contributed by atoms with Crippen molar-refractivity contribution in [2.24, 2.45) is 5.92 Å². The number of hydrogen-bond acceptors (Lipinski definition) is 5. The van der Waals surface area contributed by atoms with Crippen LogP contribution in [0.4, 0.5) is 13.2 Å². The van der Waals surface area contributed by atoms with Crippen molar-refractivity contribution in [2.75, 3.05) is 13.6 Å². The fourth-order valence-electron chi connectivity index (χ4n) is 3.96. The molecule has 152 valence electrons. The van der Waals surface area contributed by atoms with Crippen LogP contribution in [-0.2, 0) is 4.79 Å². The first-order valence-corrected chi connectivity index (χ1v) is 8.54. The van der Waals surface area contributed by atoms with E-state index in [4.69, 9.17) is 9.90 Å². The zero-order valence-electron chi connectivity index (χ0n) is 14.9. The molecule has 1 aromatic carbocycles. The fraction of sp³-hybridized carbons (Fsp3) is 0.471. The summed E-state index contributed by atoms with van der Waals surface area (Å²) < 4.78 is 40.7. The summed E-state index contributed by atoms with van der Waals surface area (Å²) >= 11 is 0. The number of halogens is 3. The van der Waals surface area contributed by atoms with Gasteiger partial charge in [-0.2, -0.15) is 5.10 Å². The summed E-state index contributed by atoms with van der Waals surface area (Å²) in [6.07, 6.45) is -2.76. The topological polar surface area (TPSA) is 108 Å². The number of nitrogens with one attached hydrogen (secondary N) is 2. The highest BCUT2D eigenvalue weighted by molar-refractivity contribution is 6.05. The summed E-state index contributed by atoms with van der Waals surface area (Å²) in [6.45, 7) is 0.717. The molecule has 1 saturated carbocycles. The number of carboxylic acid groups (broad SMARTS) is 1. The molecule has 2 bridgehead atoms. The van der Waals surface area contributed by atoms with Crippen molar-refractivity contribution in [3.63, 3.8) is 0 Å². The second-order valence-corrected chi connectivity index (χ2v) is 6.84. The van der Waals surface area contributed by atoms with Crippen LogP contribution < -0.4 is 10.1 Å². The predicted molar refractivity (Wildman–Crippen MR) is 91.9 cm³/mol. The maximum absolute atomic E-state index is 12.5. The highest BCUT2D eigenvalue weighted by Gasteiger charge is 2.43. The molecule has 3 unspecified atom stereocenters. The molecular weight excluding hydrogens is 381 g/mol. The molecule has 3 atom stereocenters. The molecule has 2 aromatic rings. The molecule has 1 aliphatic heterocycles. The van der Waals surface area contributed by atoms with Gasteiger partial charge in [0.1, 0.15) is 5.75 Å². The van der Waals surface area contributed by atoms with Gasteiger partial charge in [-0.05, 0) is 37.9 Å². The lowest BCUT2D eigenvalue weighted by atomic mass is 10.0. The SMILES string of the molecule is CN1CC2CC1CC2NC(=O)c1n[nH]c2cc(OC(F)(F)F)ccc12.O=CO. The van der Waals surface area contributed by atoms with E-state index in [2.05, 4.69) is 32.2 Å². The zero-order valence-corrected chi connectivity index (χ0v) is 14.9. The van der Waals surface area contributed by atoms with Gasteiger partial charge in [0.25, 0.3) is 12.4 Å². The Morgan fingerprint density at radius 1 is 1.43 bits per heavy atom. The number of carbonyl (C=O) groups is 2. The maximum atomic E-state index is 12.5. The Morgan fingerprint density at radius 2 is 2.14 bits per heavy atom. The molecule has 0 radical (unpaired) electrons. The number of fused-ring (bicyclic) bond motifs is 3. The van der Waals surface area contributed by atoms with E-state index >= 15 is 0 Å². The highest BCUT2D eigenvalue weighted by Crippen LogP contribution is 2.37. The van der Waals surface area contributed by atoms with Gasteiger partial charge in [-0.3, -0.25) is 14.7 Å². The highest BCUT2D eigenvalue weighted by atomic mass is 19.4. The van der Waals surface area contributed by atoms with Crippen LogP contribution >= 0.6 is 0 Å². The average Bonchev–Trinajstić information content (AvgIpc) is 3.27. The smallest absolute Gasteiger partial charge is 0.483 e. The van der Waals surface area contributed by atoms with Crippen LogP contribution in [0.25, 0.3) is 10.9 Å². The van der Waals surface area contributed by atoms with Gasteiger partial charge in [0, 0.05) is 30.1 Å².